The van der Waals surface area contributed by atoms with E-state index in [9.17, 15) is 9.59 Å². The largest absolute Gasteiger partial charge is 0.351 e. The Kier molecular flexibility index (Phi) is 6.38. The number of hydrogen-bond acceptors (Lipinski definition) is 4. The third kappa shape index (κ3) is 5.27. The molecule has 2 amide bonds. The van der Waals surface area contributed by atoms with Gasteiger partial charge in [0, 0.05) is 30.0 Å². The van der Waals surface area contributed by atoms with Crippen molar-refractivity contribution < 1.29 is 9.59 Å². The number of anilines is 1. The second kappa shape index (κ2) is 9.14. The van der Waals surface area contributed by atoms with E-state index in [1.807, 2.05) is 5.38 Å². The Morgan fingerprint density at radius 2 is 1.89 bits per heavy atom. The first-order valence-corrected chi connectivity index (χ1v) is 9.80. The molecule has 2 aromatic heterocycles. The van der Waals surface area contributed by atoms with Crippen LogP contribution in [0.3, 0.4) is 0 Å². The molecule has 0 radical (unpaired) electrons. The molecule has 6 nitrogen and oxygen atoms in total. The van der Waals surface area contributed by atoms with Crippen LogP contribution in [0.4, 0.5) is 5.82 Å². The van der Waals surface area contributed by atoms with Crippen molar-refractivity contribution >= 4 is 29.0 Å². The van der Waals surface area contributed by atoms with Crippen molar-refractivity contribution in [3.05, 3.63) is 70.0 Å². The maximum Gasteiger partial charge on any atom is 0.252 e. The molecular weight excluding hydrogens is 360 g/mol. The molecule has 3 aromatic rings. The Morgan fingerprint density at radius 1 is 1.11 bits per heavy atom. The molecule has 2 N–H and O–H groups in total. The second-order valence-electron chi connectivity index (χ2n) is 6.11. The molecule has 140 valence electrons. The fraction of sp³-hybridized carbons (Fsp3) is 0.250. The number of amides is 2. The van der Waals surface area contributed by atoms with Gasteiger partial charge < -0.3 is 10.6 Å². The summed E-state index contributed by atoms with van der Waals surface area (Å²) in [5.41, 5.74) is 3.03. The molecule has 0 unspecified atom stereocenters. The van der Waals surface area contributed by atoms with Gasteiger partial charge in [-0.25, -0.2) is 4.68 Å². The zero-order valence-electron chi connectivity index (χ0n) is 15.1. The number of carbonyl (C=O) groups excluding carboxylic acids is 2. The van der Waals surface area contributed by atoms with E-state index >= 15 is 0 Å². The van der Waals surface area contributed by atoms with Crippen molar-refractivity contribution in [2.45, 2.75) is 26.3 Å². The third-order valence-corrected chi connectivity index (χ3v) is 4.85. The van der Waals surface area contributed by atoms with Crippen LogP contribution in [0.2, 0.25) is 0 Å². The van der Waals surface area contributed by atoms with Gasteiger partial charge in [-0.15, -0.1) is 0 Å². The molecule has 0 aliphatic rings. The standard InChI is InChI=1S/C20H22N4O2S/c1-2-15-3-5-16(6-4-15)13-24-18(7-11-22-24)23-19(25)8-10-21-20(26)17-9-12-27-14-17/h3-7,9,11-12,14H,2,8,10,13H2,1H3,(H,21,26)(H,23,25). The van der Waals surface area contributed by atoms with Crippen molar-refractivity contribution in [3.63, 3.8) is 0 Å². The summed E-state index contributed by atoms with van der Waals surface area (Å²) in [6.45, 7) is 2.99. The van der Waals surface area contributed by atoms with Crippen LogP contribution in [0.1, 0.15) is 34.8 Å². The summed E-state index contributed by atoms with van der Waals surface area (Å²) in [5, 5.41) is 13.5. The Hall–Kier alpha value is -2.93. The monoisotopic (exact) mass is 382 g/mol. The van der Waals surface area contributed by atoms with E-state index in [4.69, 9.17) is 0 Å². The highest BCUT2D eigenvalue weighted by molar-refractivity contribution is 7.08. The number of aryl methyl sites for hydroxylation is 1. The second-order valence-corrected chi connectivity index (χ2v) is 6.89. The van der Waals surface area contributed by atoms with Gasteiger partial charge in [0.15, 0.2) is 0 Å². The number of aromatic nitrogens is 2. The summed E-state index contributed by atoms with van der Waals surface area (Å²) in [7, 11) is 0. The van der Waals surface area contributed by atoms with Crippen LogP contribution in [0.25, 0.3) is 0 Å². The van der Waals surface area contributed by atoms with Crippen LogP contribution < -0.4 is 10.6 Å². The highest BCUT2D eigenvalue weighted by atomic mass is 32.1. The van der Waals surface area contributed by atoms with Crippen molar-refractivity contribution in [3.8, 4) is 0 Å². The zero-order chi connectivity index (χ0) is 19.1. The molecule has 0 aliphatic heterocycles. The molecule has 0 saturated heterocycles. The molecule has 3 rings (SSSR count). The summed E-state index contributed by atoms with van der Waals surface area (Å²) in [6, 6.07) is 11.9. The molecule has 1 aromatic carbocycles. The average Bonchev–Trinajstić information content (AvgIpc) is 3.35. The maximum absolute atomic E-state index is 12.2. The first kappa shape index (κ1) is 18.8. The molecule has 0 bridgehead atoms. The Bertz CT molecular complexity index is 885. The molecule has 7 heteroatoms. The third-order valence-electron chi connectivity index (χ3n) is 4.17. The summed E-state index contributed by atoms with van der Waals surface area (Å²) < 4.78 is 1.75. The number of carbonyl (C=O) groups is 2. The molecule has 0 atom stereocenters. The van der Waals surface area contributed by atoms with E-state index in [1.165, 1.54) is 16.9 Å². The predicted octanol–water partition coefficient (Wildman–Crippen LogP) is 3.31. The van der Waals surface area contributed by atoms with Crippen molar-refractivity contribution in [1.29, 1.82) is 0 Å². The molecule has 27 heavy (non-hydrogen) atoms. The highest BCUT2D eigenvalue weighted by Crippen LogP contribution is 2.12. The number of thiophene rings is 1. The van der Waals surface area contributed by atoms with Crippen LogP contribution in [-0.4, -0.2) is 28.1 Å². The minimum atomic E-state index is -0.163. The lowest BCUT2D eigenvalue weighted by atomic mass is 10.1. The number of nitrogens with one attached hydrogen (secondary N) is 2. The zero-order valence-corrected chi connectivity index (χ0v) is 16.0. The normalized spacial score (nSPS) is 10.6. The number of benzene rings is 1. The quantitative estimate of drug-likeness (QED) is 0.627. The van der Waals surface area contributed by atoms with E-state index in [2.05, 4.69) is 46.9 Å². The predicted molar refractivity (Wildman–Crippen MR) is 107 cm³/mol. The summed E-state index contributed by atoms with van der Waals surface area (Å²) >= 11 is 1.46. The van der Waals surface area contributed by atoms with Gasteiger partial charge in [-0.05, 0) is 29.0 Å². The van der Waals surface area contributed by atoms with Crippen LogP contribution in [0, 0.1) is 0 Å². The molecule has 0 fully saturated rings. The highest BCUT2D eigenvalue weighted by Gasteiger charge is 2.10. The maximum atomic E-state index is 12.2. The van der Waals surface area contributed by atoms with Crippen molar-refractivity contribution in [1.82, 2.24) is 15.1 Å². The van der Waals surface area contributed by atoms with E-state index in [-0.39, 0.29) is 24.8 Å². The van der Waals surface area contributed by atoms with Crippen LogP contribution in [-0.2, 0) is 17.8 Å². The number of rotatable bonds is 8. The minimum absolute atomic E-state index is 0.162. The summed E-state index contributed by atoms with van der Waals surface area (Å²) in [5.74, 6) is 0.317. The van der Waals surface area contributed by atoms with Gasteiger partial charge in [-0.1, -0.05) is 31.2 Å². The fourth-order valence-corrected chi connectivity index (χ4v) is 3.24. The van der Waals surface area contributed by atoms with Crippen LogP contribution >= 0.6 is 11.3 Å². The Labute approximate surface area is 162 Å². The Morgan fingerprint density at radius 3 is 2.59 bits per heavy atom. The van der Waals surface area contributed by atoms with E-state index in [0.29, 0.717) is 17.9 Å². The first-order chi connectivity index (χ1) is 13.2. The van der Waals surface area contributed by atoms with Gasteiger partial charge in [0.1, 0.15) is 5.82 Å². The van der Waals surface area contributed by atoms with E-state index < -0.39 is 0 Å². The topological polar surface area (TPSA) is 76.0 Å². The summed E-state index contributed by atoms with van der Waals surface area (Å²) in [6.07, 6.45) is 2.87. The first-order valence-electron chi connectivity index (χ1n) is 8.85. The lowest BCUT2D eigenvalue weighted by molar-refractivity contribution is -0.116. The van der Waals surface area contributed by atoms with E-state index in [1.54, 1.807) is 28.4 Å². The van der Waals surface area contributed by atoms with Gasteiger partial charge in [-0.3, -0.25) is 9.59 Å². The van der Waals surface area contributed by atoms with E-state index in [0.717, 1.165) is 12.0 Å². The van der Waals surface area contributed by atoms with Gasteiger partial charge in [-0.2, -0.15) is 16.4 Å². The van der Waals surface area contributed by atoms with Crippen molar-refractivity contribution in [2.75, 3.05) is 11.9 Å². The van der Waals surface area contributed by atoms with Gasteiger partial charge >= 0.3 is 0 Å². The smallest absolute Gasteiger partial charge is 0.252 e. The molecule has 0 aliphatic carbocycles. The number of hydrogen-bond donors (Lipinski definition) is 2. The van der Waals surface area contributed by atoms with Crippen molar-refractivity contribution in [2.24, 2.45) is 0 Å². The molecule has 0 saturated carbocycles. The minimum Gasteiger partial charge on any atom is -0.351 e. The fourth-order valence-electron chi connectivity index (χ4n) is 2.61. The van der Waals surface area contributed by atoms with Crippen LogP contribution in [0.5, 0.6) is 0 Å². The van der Waals surface area contributed by atoms with Gasteiger partial charge in [0.05, 0.1) is 12.7 Å². The lowest BCUT2D eigenvalue weighted by Gasteiger charge is -2.10. The number of nitrogens with zero attached hydrogens (tertiary/aromatic N) is 2. The van der Waals surface area contributed by atoms with Crippen LogP contribution in [0.15, 0.2) is 53.4 Å². The molecular formula is C20H22N4O2S. The Balaban J connectivity index is 1.49. The van der Waals surface area contributed by atoms with Gasteiger partial charge in [0.2, 0.25) is 5.91 Å². The molecule has 2 heterocycles. The SMILES string of the molecule is CCc1ccc(Cn2nccc2NC(=O)CCNC(=O)c2ccsc2)cc1. The molecule has 0 spiro atoms. The summed E-state index contributed by atoms with van der Waals surface area (Å²) in [4.78, 5) is 24.0. The average molecular weight is 382 g/mol. The van der Waals surface area contributed by atoms with Gasteiger partial charge in [0.25, 0.3) is 5.91 Å². The lowest BCUT2D eigenvalue weighted by Crippen LogP contribution is -2.27.